The number of hydrogen-bond acceptors (Lipinski definition) is 4. The molecular formula is C18H23N3O4. The van der Waals surface area contributed by atoms with Gasteiger partial charge in [0.15, 0.2) is 0 Å². The Morgan fingerprint density at radius 1 is 1.24 bits per heavy atom. The molecule has 1 atom stereocenters. The normalized spacial score (nSPS) is 20.9. The molecule has 0 spiro atoms. The molecule has 134 valence electrons. The summed E-state index contributed by atoms with van der Waals surface area (Å²) in [5.74, 6) is -0.233. The molecule has 3 rings (SSSR count). The Kier molecular flexibility index (Phi) is 5.31. The molecule has 0 radical (unpaired) electrons. The number of hydrogen-bond donors (Lipinski definition) is 1. The topological polar surface area (TPSA) is 92.5 Å². The van der Waals surface area contributed by atoms with Crippen LogP contribution in [0.1, 0.15) is 37.7 Å². The maximum absolute atomic E-state index is 12.3. The highest BCUT2D eigenvalue weighted by atomic mass is 16.6. The Morgan fingerprint density at radius 2 is 1.92 bits per heavy atom. The van der Waals surface area contributed by atoms with Crippen LogP contribution in [-0.2, 0) is 16.0 Å². The molecule has 1 aliphatic carbocycles. The summed E-state index contributed by atoms with van der Waals surface area (Å²) >= 11 is 0. The summed E-state index contributed by atoms with van der Waals surface area (Å²) in [6.45, 7) is 0.998. The van der Waals surface area contributed by atoms with E-state index in [1.54, 1.807) is 12.1 Å². The third-order valence-corrected chi connectivity index (χ3v) is 5.15. The lowest BCUT2D eigenvalue weighted by molar-refractivity contribution is -0.384. The van der Waals surface area contributed by atoms with Gasteiger partial charge in [-0.05, 0) is 24.8 Å². The molecule has 25 heavy (non-hydrogen) atoms. The fourth-order valence-electron chi connectivity index (χ4n) is 3.73. The number of carbonyl (C=O) groups is 2. The molecule has 2 fully saturated rings. The van der Waals surface area contributed by atoms with Crippen LogP contribution < -0.4 is 5.32 Å². The predicted molar refractivity (Wildman–Crippen MR) is 91.9 cm³/mol. The zero-order valence-electron chi connectivity index (χ0n) is 14.1. The summed E-state index contributed by atoms with van der Waals surface area (Å²) < 4.78 is 0. The number of amides is 2. The Bertz CT molecular complexity index is 653. The highest BCUT2D eigenvalue weighted by Crippen LogP contribution is 2.29. The lowest BCUT2D eigenvalue weighted by Crippen LogP contribution is -2.37. The SMILES string of the molecule is O=C(NCCc1ccc([N+](=O)[O-])cc1)C1CC(=O)N(C2CCCC2)C1. The maximum atomic E-state index is 12.3. The predicted octanol–water partition coefficient (Wildman–Crippen LogP) is 2.04. The summed E-state index contributed by atoms with van der Waals surface area (Å²) in [5, 5.41) is 13.5. The molecular weight excluding hydrogens is 322 g/mol. The number of likely N-dealkylation sites (tertiary alicyclic amines) is 1. The van der Waals surface area contributed by atoms with Gasteiger partial charge in [-0.3, -0.25) is 19.7 Å². The molecule has 1 heterocycles. The first-order valence-electron chi connectivity index (χ1n) is 8.85. The Hall–Kier alpha value is -2.44. The minimum Gasteiger partial charge on any atom is -0.355 e. The molecule has 1 aromatic rings. The van der Waals surface area contributed by atoms with Crippen LogP contribution >= 0.6 is 0 Å². The lowest BCUT2D eigenvalue weighted by Gasteiger charge is -2.23. The zero-order valence-corrected chi connectivity index (χ0v) is 14.1. The van der Waals surface area contributed by atoms with E-state index in [0.717, 1.165) is 18.4 Å². The minimum absolute atomic E-state index is 0.0595. The smallest absolute Gasteiger partial charge is 0.269 e. The van der Waals surface area contributed by atoms with Gasteiger partial charge in [-0.2, -0.15) is 0 Å². The average Bonchev–Trinajstić information content (AvgIpc) is 3.24. The summed E-state index contributed by atoms with van der Waals surface area (Å²) in [6, 6.07) is 6.65. The third-order valence-electron chi connectivity index (χ3n) is 5.15. The van der Waals surface area contributed by atoms with E-state index in [-0.39, 0.29) is 23.4 Å². The highest BCUT2D eigenvalue weighted by molar-refractivity contribution is 5.89. The van der Waals surface area contributed by atoms with Gasteiger partial charge in [0, 0.05) is 37.7 Å². The number of nitrogens with zero attached hydrogens (tertiary/aromatic N) is 2. The van der Waals surface area contributed by atoms with Gasteiger partial charge in [-0.25, -0.2) is 0 Å². The van der Waals surface area contributed by atoms with E-state index in [9.17, 15) is 19.7 Å². The van der Waals surface area contributed by atoms with Crippen molar-refractivity contribution in [3.8, 4) is 0 Å². The number of nitrogens with one attached hydrogen (secondary N) is 1. The summed E-state index contributed by atoms with van der Waals surface area (Å²) in [5.41, 5.74) is 0.991. The number of carbonyl (C=O) groups excluding carboxylic acids is 2. The van der Waals surface area contributed by atoms with Crippen LogP contribution in [0.15, 0.2) is 24.3 Å². The first-order valence-corrected chi connectivity index (χ1v) is 8.85. The van der Waals surface area contributed by atoms with Crippen LogP contribution in [0.3, 0.4) is 0 Å². The summed E-state index contributed by atoms with van der Waals surface area (Å²) in [4.78, 5) is 36.5. The van der Waals surface area contributed by atoms with Crippen LogP contribution in [0.25, 0.3) is 0 Å². The number of rotatable bonds is 6. The van der Waals surface area contributed by atoms with Gasteiger partial charge in [0.1, 0.15) is 0 Å². The quantitative estimate of drug-likeness (QED) is 0.631. The second-order valence-corrected chi connectivity index (χ2v) is 6.85. The van der Waals surface area contributed by atoms with Crippen LogP contribution in [0.4, 0.5) is 5.69 Å². The summed E-state index contributed by atoms with van der Waals surface area (Å²) in [7, 11) is 0. The van der Waals surface area contributed by atoms with Gasteiger partial charge >= 0.3 is 0 Å². The highest BCUT2D eigenvalue weighted by Gasteiger charge is 2.38. The number of benzene rings is 1. The van der Waals surface area contributed by atoms with Crippen molar-refractivity contribution in [3.05, 3.63) is 39.9 Å². The van der Waals surface area contributed by atoms with Gasteiger partial charge < -0.3 is 10.2 Å². The van der Waals surface area contributed by atoms with Crippen molar-refractivity contribution in [2.24, 2.45) is 5.92 Å². The van der Waals surface area contributed by atoms with Gasteiger partial charge in [0.05, 0.1) is 10.8 Å². The number of non-ortho nitro benzene ring substituents is 1. The molecule has 0 bridgehead atoms. The maximum Gasteiger partial charge on any atom is 0.269 e. The van der Waals surface area contributed by atoms with Crippen molar-refractivity contribution in [1.82, 2.24) is 10.2 Å². The zero-order chi connectivity index (χ0) is 17.8. The van der Waals surface area contributed by atoms with Crippen LogP contribution in [0.2, 0.25) is 0 Å². The fraction of sp³-hybridized carbons (Fsp3) is 0.556. The average molecular weight is 345 g/mol. The van der Waals surface area contributed by atoms with Crippen LogP contribution in [0.5, 0.6) is 0 Å². The fourth-order valence-corrected chi connectivity index (χ4v) is 3.73. The molecule has 2 aliphatic rings. The van der Waals surface area contributed by atoms with Crippen LogP contribution in [-0.4, -0.2) is 40.8 Å². The summed E-state index contributed by atoms with van der Waals surface area (Å²) in [6.07, 6.45) is 5.36. The van der Waals surface area contributed by atoms with Crippen LogP contribution in [0, 0.1) is 16.0 Å². The Morgan fingerprint density at radius 3 is 2.56 bits per heavy atom. The van der Waals surface area contributed by atoms with E-state index >= 15 is 0 Å². The van der Waals surface area contributed by atoms with Gasteiger partial charge in [-0.1, -0.05) is 25.0 Å². The van der Waals surface area contributed by atoms with Gasteiger partial charge in [-0.15, -0.1) is 0 Å². The molecule has 7 heteroatoms. The minimum atomic E-state index is -0.432. The van der Waals surface area contributed by atoms with E-state index in [1.807, 2.05) is 4.90 Å². The Labute approximate surface area is 146 Å². The van der Waals surface area contributed by atoms with E-state index in [0.29, 0.717) is 32.0 Å². The standard InChI is InChI=1S/C18H23N3O4/c22-17-11-14(12-20(17)15-3-1-2-4-15)18(23)19-10-9-13-5-7-16(8-6-13)21(24)25/h5-8,14-15H,1-4,9-12H2,(H,19,23). The van der Waals surface area contributed by atoms with E-state index in [2.05, 4.69) is 5.32 Å². The Balaban J connectivity index is 1.45. The van der Waals surface area contributed by atoms with E-state index in [1.165, 1.54) is 25.0 Å². The van der Waals surface area contributed by atoms with Crippen molar-refractivity contribution < 1.29 is 14.5 Å². The van der Waals surface area contributed by atoms with Crippen molar-refractivity contribution in [2.75, 3.05) is 13.1 Å². The molecule has 1 N–H and O–H groups in total. The first-order chi connectivity index (χ1) is 12.0. The van der Waals surface area contributed by atoms with Crippen molar-refractivity contribution in [1.29, 1.82) is 0 Å². The van der Waals surface area contributed by atoms with Gasteiger partial charge in [0.25, 0.3) is 5.69 Å². The molecule has 2 amide bonds. The second kappa shape index (κ2) is 7.63. The molecule has 0 aromatic heterocycles. The molecule has 1 saturated heterocycles. The van der Waals surface area contributed by atoms with E-state index < -0.39 is 4.92 Å². The van der Waals surface area contributed by atoms with Crippen molar-refractivity contribution >= 4 is 17.5 Å². The largest absolute Gasteiger partial charge is 0.355 e. The first kappa shape index (κ1) is 17.4. The molecule has 1 aliphatic heterocycles. The molecule has 1 aromatic carbocycles. The van der Waals surface area contributed by atoms with Crippen molar-refractivity contribution in [2.45, 2.75) is 44.6 Å². The van der Waals surface area contributed by atoms with E-state index in [4.69, 9.17) is 0 Å². The molecule has 1 unspecified atom stereocenters. The van der Waals surface area contributed by atoms with Gasteiger partial charge in [0.2, 0.25) is 11.8 Å². The molecule has 7 nitrogen and oxygen atoms in total. The second-order valence-electron chi connectivity index (χ2n) is 6.85. The molecule has 1 saturated carbocycles. The number of nitro groups is 1. The number of nitro benzene ring substituents is 1. The third kappa shape index (κ3) is 4.15. The monoisotopic (exact) mass is 345 g/mol. The lowest BCUT2D eigenvalue weighted by atomic mass is 10.1. The van der Waals surface area contributed by atoms with Crippen molar-refractivity contribution in [3.63, 3.8) is 0 Å².